The number of aliphatic hydroxyl groups excluding tert-OH is 3. The van der Waals surface area contributed by atoms with Crippen LogP contribution in [-0.4, -0.2) is 170 Å². The van der Waals surface area contributed by atoms with Crippen LogP contribution in [0.25, 0.3) is 0 Å². The average Bonchev–Trinajstić information content (AvgIpc) is 1.60. The van der Waals surface area contributed by atoms with Crippen LogP contribution < -0.4 is 15.5 Å². The highest BCUT2D eigenvalue weighted by atomic mass is 32.2. The van der Waals surface area contributed by atoms with Gasteiger partial charge in [-0.15, -0.1) is 0 Å². The third kappa shape index (κ3) is 20.8. The molecule has 0 saturated carbocycles. The lowest BCUT2D eigenvalue weighted by molar-refractivity contribution is -0.155. The normalized spacial score (nSPS) is 16.9. The monoisotopic (exact) mass is 1380 g/mol. The van der Waals surface area contributed by atoms with Crippen LogP contribution in [0, 0.1) is 13.8 Å². The van der Waals surface area contributed by atoms with Crippen molar-refractivity contribution in [2.24, 2.45) is 9.98 Å². The Morgan fingerprint density at radius 1 is 0.652 bits per heavy atom. The molecule has 0 aromatic heterocycles. The number of anilines is 1. The summed E-state index contributed by atoms with van der Waals surface area (Å²) >= 11 is 0. The number of nitrogens with zero attached hydrogens (tertiary/aromatic N) is 5. The molecule has 0 bridgehead atoms. The van der Waals surface area contributed by atoms with Crippen LogP contribution >= 0.6 is 27.0 Å². The minimum atomic E-state index is -4.50. The van der Waals surface area contributed by atoms with E-state index in [1.807, 2.05) is 25.1 Å². The standard InChI is InChI=1S/C32H37F3N4O8S.C27H32F3N3O5S.CH4O.CH4.2H2S/c1-20-17-27(39(21(2)40)18-28(47-23(4)42)19-46-22(3)41)10-7-24(20)11-16-48(44,45)38-14-12-31(13-15-38)30(43)36-29(37-31)25-5-8-26(9-6-25)32(33,34)35;1-18-16-19(3-9-23(35)17-34)2-4-20(18)10-15-39(37,38)33-13-11-26(12-14-33)25(36)31-24(32-26)21-5-7-22(8-6-21)27(28,29)30;1-2;;;/h5-10,17,28H,11-16,18-19H2,1-4H3,(H,36,37,43);2,4-8,16,23,34-35H,3,9-15,17H2,1H3,(H,31,32,36);2H,1H3;1H4;2*1H2/t28-;23-;;;;/m00..../s1. The fourth-order valence-corrected chi connectivity index (χ4v) is 13.5. The summed E-state index contributed by atoms with van der Waals surface area (Å²) in [5.74, 6) is -2.27. The molecule has 2 atom stereocenters. The Hall–Kier alpha value is -6.45. The van der Waals surface area contributed by atoms with Crippen LogP contribution in [0.3, 0.4) is 0 Å². The molecule has 2 fully saturated rings. The summed E-state index contributed by atoms with van der Waals surface area (Å²) in [6.07, 6.45) is -8.51. The molecular formula is C61H81F6N7O14S4. The summed E-state index contributed by atoms with van der Waals surface area (Å²) in [5.41, 5.74) is 1.51. The zero-order chi connectivity index (χ0) is 65.9. The maximum Gasteiger partial charge on any atom is 0.416 e. The van der Waals surface area contributed by atoms with Crippen molar-refractivity contribution < 1.29 is 91.9 Å². The van der Waals surface area contributed by atoms with E-state index in [2.05, 4.69) is 20.6 Å². The molecule has 2 spiro atoms. The fraction of sp³-hybridized carbons (Fsp3) is 0.492. The number of piperidine rings is 2. The topological polar surface area (TPSA) is 291 Å². The number of hydrogen-bond donors (Lipinski definition) is 5. The summed E-state index contributed by atoms with van der Waals surface area (Å²) < 4.78 is 143. The van der Waals surface area contributed by atoms with Gasteiger partial charge in [0.1, 0.15) is 29.4 Å². The van der Waals surface area contributed by atoms with Gasteiger partial charge >= 0.3 is 24.3 Å². The Labute approximate surface area is 546 Å². The van der Waals surface area contributed by atoms with Crippen molar-refractivity contribution in [3.63, 3.8) is 0 Å². The second kappa shape index (κ2) is 33.6. The molecule has 31 heteroatoms. The van der Waals surface area contributed by atoms with Crippen LogP contribution in [-0.2, 0) is 85.1 Å². The van der Waals surface area contributed by atoms with Gasteiger partial charge in [-0.3, -0.25) is 34.0 Å². The number of rotatable bonds is 20. The summed E-state index contributed by atoms with van der Waals surface area (Å²) in [7, 11) is -6.33. The zero-order valence-corrected chi connectivity index (χ0v) is 54.5. The molecule has 92 heavy (non-hydrogen) atoms. The van der Waals surface area contributed by atoms with E-state index >= 15 is 0 Å². The van der Waals surface area contributed by atoms with E-state index in [4.69, 9.17) is 19.7 Å². The fourth-order valence-electron chi connectivity index (χ4n) is 10.6. The van der Waals surface area contributed by atoms with Gasteiger partial charge < -0.3 is 40.3 Å². The SMILES string of the molecule is C.CC(=O)OC[C@H](CN(C(C)=O)c1ccc(CCS(=O)(=O)N2CCC3(CC2)N=C(c2ccc(C(F)(F)F)cc2)NC3=O)c(C)c1)OC(C)=O.CO.Cc1cc(CC[C@H](O)CO)ccc1CCS(=O)(=O)N1CCC2(CC1)N=C(c1ccc(C(F)(F)F)cc1)NC2=O.S.S. The number of nitrogens with one attached hydrogen (secondary N) is 2. The van der Waals surface area contributed by atoms with Crippen LogP contribution in [0.4, 0.5) is 32.0 Å². The third-order valence-corrected chi connectivity index (χ3v) is 19.4. The number of alkyl halides is 6. The number of amides is 3. The number of benzene rings is 4. The Bertz CT molecular complexity index is 3510. The first kappa shape index (κ1) is 79.8. The van der Waals surface area contributed by atoms with Crippen LogP contribution in [0.2, 0.25) is 0 Å². The highest BCUT2D eigenvalue weighted by Gasteiger charge is 2.49. The average molecular weight is 1380 g/mol. The second-order valence-corrected chi connectivity index (χ2v) is 26.1. The van der Waals surface area contributed by atoms with Gasteiger partial charge in [0.2, 0.25) is 26.0 Å². The first-order valence-corrected chi connectivity index (χ1v) is 31.6. The maximum absolute atomic E-state index is 13.3. The molecule has 4 aromatic carbocycles. The number of esters is 2. The number of carbonyl (C=O) groups is 5. The lowest BCUT2D eigenvalue weighted by Crippen LogP contribution is -2.50. The summed E-state index contributed by atoms with van der Waals surface area (Å²) in [5, 5.41) is 30.8. The molecule has 4 aromatic rings. The van der Waals surface area contributed by atoms with Gasteiger partial charge in [-0.25, -0.2) is 25.4 Å². The molecule has 21 nitrogen and oxygen atoms in total. The lowest BCUT2D eigenvalue weighted by atomic mass is 9.89. The van der Waals surface area contributed by atoms with Gasteiger partial charge in [0.25, 0.3) is 11.8 Å². The molecular weight excluding hydrogens is 1300 g/mol. The molecule has 4 heterocycles. The first-order valence-electron chi connectivity index (χ1n) is 28.4. The summed E-state index contributed by atoms with van der Waals surface area (Å²) in [6.45, 7) is 7.17. The van der Waals surface area contributed by atoms with Crippen molar-refractivity contribution >= 4 is 94.1 Å². The zero-order valence-electron chi connectivity index (χ0n) is 50.9. The summed E-state index contributed by atoms with van der Waals surface area (Å²) in [6, 6.07) is 19.5. The first-order chi connectivity index (χ1) is 41.7. The van der Waals surface area contributed by atoms with E-state index in [-0.39, 0.29) is 147 Å². The molecule has 0 radical (unpaired) electrons. The highest BCUT2D eigenvalue weighted by molar-refractivity contribution is 7.89. The summed E-state index contributed by atoms with van der Waals surface area (Å²) in [4.78, 5) is 71.4. The largest absolute Gasteiger partial charge is 0.462 e. The van der Waals surface area contributed by atoms with Crippen LogP contribution in [0.15, 0.2) is 94.9 Å². The molecule has 0 unspecified atom stereocenters. The van der Waals surface area contributed by atoms with E-state index in [1.54, 1.807) is 25.1 Å². The quantitative estimate of drug-likeness (QED) is 0.0487. The van der Waals surface area contributed by atoms with Gasteiger partial charge in [0.15, 0.2) is 6.10 Å². The van der Waals surface area contributed by atoms with Crippen molar-refractivity contribution in [2.45, 2.75) is 129 Å². The minimum absolute atomic E-state index is 0. The van der Waals surface area contributed by atoms with Crippen molar-refractivity contribution in [1.82, 2.24) is 19.2 Å². The molecule has 5 N–H and O–H groups in total. The molecule has 0 aliphatic carbocycles. The molecule has 4 aliphatic heterocycles. The van der Waals surface area contributed by atoms with E-state index in [0.29, 0.717) is 36.1 Å². The van der Waals surface area contributed by atoms with E-state index in [9.17, 15) is 72.3 Å². The number of halogens is 6. The molecule has 3 amide bonds. The minimum Gasteiger partial charge on any atom is -0.462 e. The number of sulfonamides is 2. The predicted molar refractivity (Wildman–Crippen MR) is 344 cm³/mol. The molecule has 2 saturated heterocycles. The van der Waals surface area contributed by atoms with Gasteiger partial charge in [0, 0.05) is 70.9 Å². The second-order valence-electron chi connectivity index (χ2n) is 21.9. The van der Waals surface area contributed by atoms with E-state index in [1.165, 1.54) is 58.5 Å². The number of ether oxygens (including phenoxy) is 2. The van der Waals surface area contributed by atoms with E-state index in [0.717, 1.165) is 59.2 Å². The Morgan fingerprint density at radius 2 is 1.07 bits per heavy atom. The number of carbonyl (C=O) groups excluding carboxylic acids is 5. The third-order valence-electron chi connectivity index (χ3n) is 15.7. The number of amidine groups is 2. The van der Waals surface area contributed by atoms with Crippen molar-refractivity contribution in [1.29, 1.82) is 0 Å². The van der Waals surface area contributed by atoms with Gasteiger partial charge in [-0.2, -0.15) is 53.3 Å². The highest BCUT2D eigenvalue weighted by Crippen LogP contribution is 2.36. The van der Waals surface area contributed by atoms with Gasteiger partial charge in [-0.05, 0) is 129 Å². The van der Waals surface area contributed by atoms with Crippen LogP contribution in [0.5, 0.6) is 0 Å². The number of aliphatic imine (C=N–C) groups is 2. The Balaban J connectivity index is 0.000000461. The number of aryl methyl sites for hydroxylation is 5. The molecule has 510 valence electrons. The smallest absolute Gasteiger partial charge is 0.416 e. The molecule has 4 aliphatic rings. The maximum atomic E-state index is 13.3. The van der Waals surface area contributed by atoms with Gasteiger partial charge in [0.05, 0.1) is 41.9 Å². The Morgan fingerprint density at radius 3 is 1.42 bits per heavy atom. The van der Waals surface area contributed by atoms with Crippen LogP contribution in [0.1, 0.15) is 110 Å². The predicted octanol–water partition coefficient (Wildman–Crippen LogP) is 6.20. The van der Waals surface area contributed by atoms with Crippen molar-refractivity contribution in [2.75, 3.05) is 69.5 Å². The van der Waals surface area contributed by atoms with Crippen molar-refractivity contribution in [3.8, 4) is 0 Å². The Kier molecular flexibility index (Phi) is 29.1. The molecule has 8 rings (SSSR count). The van der Waals surface area contributed by atoms with E-state index < -0.39 is 84.7 Å². The number of aliphatic hydroxyl groups is 3. The van der Waals surface area contributed by atoms with Crippen molar-refractivity contribution in [3.05, 3.63) is 135 Å². The van der Waals surface area contributed by atoms with Gasteiger partial charge in [-0.1, -0.05) is 56.0 Å². The lowest BCUT2D eigenvalue weighted by Gasteiger charge is -2.34. The number of hydrogen-bond acceptors (Lipinski definition) is 16.